The molecule has 0 aromatic heterocycles. The fraction of sp³-hybridized carbons (Fsp3) is 0.909. The van der Waals surface area contributed by atoms with Crippen LogP contribution >= 0.6 is 0 Å². The Bertz CT molecular complexity index is 318. The van der Waals surface area contributed by atoms with Gasteiger partial charge < -0.3 is 9.47 Å². The van der Waals surface area contributed by atoms with Gasteiger partial charge in [0.2, 0.25) is 0 Å². The molecule has 2 atom stereocenters. The number of hydrogen-bond acceptors (Lipinski definition) is 4. The van der Waals surface area contributed by atoms with Gasteiger partial charge in [-0.15, -0.1) is 0 Å². The van der Waals surface area contributed by atoms with E-state index < -0.39 is 5.60 Å². The first-order valence-corrected chi connectivity index (χ1v) is 5.79. The minimum atomic E-state index is -0.458. The van der Waals surface area contributed by atoms with Crippen LogP contribution in [0.1, 0.15) is 40.0 Å². The summed E-state index contributed by atoms with van der Waals surface area (Å²) in [5.41, 5.74) is 7.74. The highest BCUT2D eigenvalue weighted by molar-refractivity contribution is 5.70. The van der Waals surface area contributed by atoms with E-state index in [1.807, 2.05) is 20.8 Å². The van der Waals surface area contributed by atoms with Crippen LogP contribution in [-0.4, -0.2) is 30.3 Å². The molecule has 1 aliphatic rings. The van der Waals surface area contributed by atoms with Crippen molar-refractivity contribution in [3.05, 3.63) is 10.4 Å². The van der Waals surface area contributed by atoms with Crippen molar-refractivity contribution in [2.45, 2.75) is 57.8 Å². The van der Waals surface area contributed by atoms with Crippen molar-refractivity contribution in [1.29, 1.82) is 0 Å². The lowest BCUT2D eigenvalue weighted by molar-refractivity contribution is -0.157. The van der Waals surface area contributed by atoms with Crippen molar-refractivity contribution in [3.63, 3.8) is 0 Å². The molecule has 0 aliphatic carbocycles. The summed E-state index contributed by atoms with van der Waals surface area (Å²) < 4.78 is 10.8. The van der Waals surface area contributed by atoms with E-state index in [2.05, 4.69) is 10.0 Å². The van der Waals surface area contributed by atoms with Crippen molar-refractivity contribution in [2.75, 3.05) is 6.54 Å². The van der Waals surface area contributed by atoms with Gasteiger partial charge in [-0.1, -0.05) is 5.11 Å². The van der Waals surface area contributed by atoms with Crippen molar-refractivity contribution in [2.24, 2.45) is 5.11 Å². The van der Waals surface area contributed by atoms with E-state index >= 15 is 0 Å². The maximum atomic E-state index is 11.6. The number of rotatable bonds is 4. The lowest BCUT2D eigenvalue weighted by Crippen LogP contribution is -2.26. The summed E-state index contributed by atoms with van der Waals surface area (Å²) >= 11 is 0. The van der Waals surface area contributed by atoms with E-state index in [0.717, 1.165) is 12.8 Å². The topological polar surface area (TPSA) is 84.3 Å². The molecule has 6 heteroatoms. The Balaban J connectivity index is 2.30. The minimum absolute atomic E-state index is 0.0571. The first-order chi connectivity index (χ1) is 7.90. The third-order valence-electron chi connectivity index (χ3n) is 2.36. The fourth-order valence-electron chi connectivity index (χ4n) is 1.76. The minimum Gasteiger partial charge on any atom is -0.460 e. The molecule has 0 N–H and O–H groups in total. The van der Waals surface area contributed by atoms with Crippen LogP contribution in [-0.2, 0) is 14.3 Å². The molecule has 0 radical (unpaired) electrons. The molecule has 96 valence electrons. The molecule has 0 amide bonds. The molecule has 0 aromatic carbocycles. The summed E-state index contributed by atoms with van der Waals surface area (Å²) in [7, 11) is 0. The van der Waals surface area contributed by atoms with Crippen LogP contribution in [0.2, 0.25) is 0 Å². The molecule has 1 aliphatic heterocycles. The van der Waals surface area contributed by atoms with Gasteiger partial charge in [0.15, 0.2) is 0 Å². The first-order valence-electron chi connectivity index (χ1n) is 5.79. The zero-order valence-electron chi connectivity index (χ0n) is 10.5. The fourth-order valence-corrected chi connectivity index (χ4v) is 1.76. The Hall–Kier alpha value is -1.26. The molecule has 1 heterocycles. The highest BCUT2D eigenvalue weighted by atomic mass is 16.6. The van der Waals surface area contributed by atoms with Gasteiger partial charge >= 0.3 is 5.97 Å². The van der Waals surface area contributed by atoms with Crippen molar-refractivity contribution < 1.29 is 14.3 Å². The van der Waals surface area contributed by atoms with Gasteiger partial charge in [-0.2, -0.15) is 0 Å². The summed E-state index contributed by atoms with van der Waals surface area (Å²) in [6, 6.07) is 0. The van der Waals surface area contributed by atoms with Crippen LogP contribution in [0, 0.1) is 0 Å². The maximum Gasteiger partial charge on any atom is 0.308 e. The van der Waals surface area contributed by atoms with Crippen LogP contribution in [0.15, 0.2) is 5.11 Å². The molecular formula is C11H19N3O3. The standard InChI is InChI=1S/C11H19N3O3/c1-11(2,3)17-10(15)6-8-4-5-9(16-8)7-13-14-12/h8-9H,4-7H2,1-3H3/t8-,9+/m1/s1. The summed E-state index contributed by atoms with van der Waals surface area (Å²) in [5.74, 6) is -0.244. The van der Waals surface area contributed by atoms with E-state index in [1.165, 1.54) is 0 Å². The van der Waals surface area contributed by atoms with Crippen molar-refractivity contribution in [1.82, 2.24) is 0 Å². The molecule has 0 saturated carbocycles. The smallest absolute Gasteiger partial charge is 0.308 e. The van der Waals surface area contributed by atoms with Crippen LogP contribution in [0.3, 0.4) is 0 Å². The summed E-state index contributed by atoms with van der Waals surface area (Å²) in [6.45, 7) is 5.85. The number of nitrogens with zero attached hydrogens (tertiary/aromatic N) is 3. The monoisotopic (exact) mass is 241 g/mol. The highest BCUT2D eigenvalue weighted by Crippen LogP contribution is 2.23. The van der Waals surface area contributed by atoms with Gasteiger partial charge in [0.25, 0.3) is 0 Å². The zero-order valence-corrected chi connectivity index (χ0v) is 10.5. The summed E-state index contributed by atoms with van der Waals surface area (Å²) in [4.78, 5) is 14.2. The third kappa shape index (κ3) is 5.56. The maximum absolute atomic E-state index is 11.6. The second kappa shape index (κ2) is 5.89. The molecule has 1 rings (SSSR count). The lowest BCUT2D eigenvalue weighted by Gasteiger charge is -2.20. The second-order valence-electron chi connectivity index (χ2n) is 5.16. The van der Waals surface area contributed by atoms with Crippen molar-refractivity contribution >= 4 is 5.97 Å². The number of carbonyl (C=O) groups excluding carboxylic acids is 1. The molecule has 6 nitrogen and oxygen atoms in total. The second-order valence-corrected chi connectivity index (χ2v) is 5.16. The quantitative estimate of drug-likeness (QED) is 0.328. The SMILES string of the molecule is CC(C)(C)OC(=O)C[C@H]1CC[C@@H](CN=[N+]=[N-])O1. The Labute approximate surface area is 101 Å². The Morgan fingerprint density at radius 3 is 2.71 bits per heavy atom. The normalized spacial score (nSPS) is 24.2. The zero-order chi connectivity index (χ0) is 12.9. The molecule has 1 fully saturated rings. The van der Waals surface area contributed by atoms with Crippen molar-refractivity contribution in [3.8, 4) is 0 Å². The van der Waals surface area contributed by atoms with Gasteiger partial charge in [-0.25, -0.2) is 0 Å². The largest absolute Gasteiger partial charge is 0.460 e. The van der Waals surface area contributed by atoms with E-state index in [0.29, 0.717) is 6.54 Å². The predicted octanol–water partition coefficient (Wildman–Crippen LogP) is 2.58. The molecule has 0 spiro atoms. The number of ether oxygens (including phenoxy) is 2. The molecule has 17 heavy (non-hydrogen) atoms. The number of esters is 1. The molecule has 0 unspecified atom stereocenters. The van der Waals surface area contributed by atoms with E-state index in [4.69, 9.17) is 15.0 Å². The van der Waals surface area contributed by atoms with Gasteiger partial charge in [0.05, 0.1) is 25.2 Å². The summed E-state index contributed by atoms with van der Waals surface area (Å²) in [5, 5.41) is 3.47. The Kier molecular flexibility index (Phi) is 4.78. The highest BCUT2D eigenvalue weighted by Gasteiger charge is 2.28. The number of carbonyl (C=O) groups is 1. The predicted molar refractivity (Wildman–Crippen MR) is 62.4 cm³/mol. The Morgan fingerprint density at radius 2 is 2.12 bits per heavy atom. The van der Waals surface area contributed by atoms with Crippen LogP contribution in [0.5, 0.6) is 0 Å². The van der Waals surface area contributed by atoms with Gasteiger partial charge in [-0.3, -0.25) is 4.79 Å². The molecule has 1 saturated heterocycles. The van der Waals surface area contributed by atoms with E-state index in [9.17, 15) is 4.79 Å². The van der Waals surface area contributed by atoms with Crippen LogP contribution in [0.4, 0.5) is 0 Å². The molecule has 0 bridgehead atoms. The number of azide groups is 1. The van der Waals surface area contributed by atoms with E-state index in [1.54, 1.807) is 0 Å². The third-order valence-corrected chi connectivity index (χ3v) is 2.36. The van der Waals surface area contributed by atoms with E-state index in [-0.39, 0.29) is 24.6 Å². The summed E-state index contributed by atoms with van der Waals surface area (Å²) in [6.07, 6.45) is 1.74. The molecule has 0 aromatic rings. The lowest BCUT2D eigenvalue weighted by atomic mass is 10.1. The van der Waals surface area contributed by atoms with Crippen LogP contribution < -0.4 is 0 Å². The van der Waals surface area contributed by atoms with Crippen LogP contribution in [0.25, 0.3) is 10.4 Å². The van der Waals surface area contributed by atoms with Gasteiger partial charge in [0, 0.05) is 4.91 Å². The number of hydrogen-bond donors (Lipinski definition) is 0. The first kappa shape index (κ1) is 13.8. The average Bonchev–Trinajstić information content (AvgIpc) is 2.59. The van der Waals surface area contributed by atoms with Gasteiger partial charge in [-0.05, 0) is 39.1 Å². The van der Waals surface area contributed by atoms with Gasteiger partial charge in [0.1, 0.15) is 5.60 Å². The average molecular weight is 241 g/mol. The Morgan fingerprint density at radius 1 is 1.47 bits per heavy atom. The molecular weight excluding hydrogens is 222 g/mol.